The molecule has 0 bridgehead atoms. The van der Waals surface area contributed by atoms with Crippen LogP contribution < -0.4 is 10.2 Å². The molecule has 0 aromatic heterocycles. The van der Waals surface area contributed by atoms with Crippen LogP contribution in [-0.2, 0) is 25.6 Å². The van der Waals surface area contributed by atoms with Crippen LogP contribution in [0.1, 0.15) is 73.7 Å². The lowest BCUT2D eigenvalue weighted by Crippen LogP contribution is -2.52. The van der Waals surface area contributed by atoms with E-state index in [9.17, 15) is 27.6 Å². The number of alkyl halides is 3. The first-order valence-electron chi connectivity index (χ1n) is 13.5. The summed E-state index contributed by atoms with van der Waals surface area (Å²) in [6, 6.07) is 4.57. The van der Waals surface area contributed by atoms with E-state index in [1.54, 1.807) is 12.1 Å². The molecule has 1 aromatic carbocycles. The quantitative estimate of drug-likeness (QED) is 0.560. The SMILES string of the molecule is O=C1CCC(N2Cc3c(cccc3N(CCC3(C(F)(F)F)CC3)C3CCC4(CC3)OCCO4)C2=O)C(=O)N1. The molecule has 4 fully saturated rings. The van der Waals surface area contributed by atoms with Gasteiger partial charge < -0.3 is 19.3 Å². The van der Waals surface area contributed by atoms with Crippen molar-refractivity contribution in [3.8, 4) is 0 Å². The highest BCUT2D eigenvalue weighted by Gasteiger charge is 2.62. The summed E-state index contributed by atoms with van der Waals surface area (Å²) in [6.45, 7) is 1.50. The number of halogens is 3. The molecule has 3 heterocycles. The maximum Gasteiger partial charge on any atom is 0.394 e. The van der Waals surface area contributed by atoms with Gasteiger partial charge in [-0.1, -0.05) is 6.07 Å². The number of ether oxygens (including phenoxy) is 2. The van der Waals surface area contributed by atoms with Crippen LogP contribution >= 0.6 is 0 Å². The normalized spacial score (nSPS) is 26.6. The fourth-order valence-electron chi connectivity index (χ4n) is 6.64. The van der Waals surface area contributed by atoms with E-state index >= 15 is 0 Å². The van der Waals surface area contributed by atoms with E-state index in [-0.39, 0.29) is 63.0 Å². The third-order valence-electron chi connectivity index (χ3n) is 9.12. The average molecular weight is 536 g/mol. The largest absolute Gasteiger partial charge is 0.394 e. The Morgan fingerprint density at radius 1 is 1.03 bits per heavy atom. The summed E-state index contributed by atoms with van der Waals surface area (Å²) in [7, 11) is 0. The van der Waals surface area contributed by atoms with Crippen molar-refractivity contribution < 1.29 is 37.0 Å². The summed E-state index contributed by atoms with van der Waals surface area (Å²) in [5, 5.41) is 2.31. The number of imide groups is 1. The predicted molar refractivity (Wildman–Crippen MR) is 129 cm³/mol. The Morgan fingerprint density at radius 3 is 2.37 bits per heavy atom. The summed E-state index contributed by atoms with van der Waals surface area (Å²) in [6.07, 6.45) is -0.809. The van der Waals surface area contributed by atoms with Crippen LogP contribution in [0.2, 0.25) is 0 Å². The molecule has 2 saturated carbocycles. The Balaban J connectivity index is 1.28. The number of carbonyl (C=O) groups excluding carboxylic acids is 3. The smallest absolute Gasteiger partial charge is 0.368 e. The molecule has 0 radical (unpaired) electrons. The predicted octanol–water partition coefficient (Wildman–Crippen LogP) is 3.67. The van der Waals surface area contributed by atoms with Crippen molar-refractivity contribution in [1.82, 2.24) is 10.2 Å². The van der Waals surface area contributed by atoms with E-state index in [0.29, 0.717) is 44.5 Å². The number of hydrogen-bond donors (Lipinski definition) is 1. The summed E-state index contributed by atoms with van der Waals surface area (Å²) in [4.78, 5) is 41.1. The molecule has 1 unspecified atom stereocenters. The van der Waals surface area contributed by atoms with Crippen molar-refractivity contribution in [2.45, 2.75) is 88.4 Å². The van der Waals surface area contributed by atoms with Gasteiger partial charge in [0.05, 0.1) is 18.6 Å². The fraction of sp³-hybridized carbons (Fsp3) is 0.667. The third-order valence-corrected chi connectivity index (χ3v) is 9.12. The van der Waals surface area contributed by atoms with Crippen molar-refractivity contribution in [3.05, 3.63) is 29.3 Å². The van der Waals surface area contributed by atoms with Gasteiger partial charge in [-0.3, -0.25) is 19.7 Å². The summed E-state index contributed by atoms with van der Waals surface area (Å²) < 4.78 is 53.2. The molecular weight excluding hydrogens is 503 g/mol. The molecule has 38 heavy (non-hydrogen) atoms. The molecule has 1 spiro atoms. The standard InChI is InChI=1S/C27H32F3N3O5/c28-27(29,30)25(10-11-25)12-13-32(17-6-8-26(9-7-17)37-14-15-38-26)20-3-1-2-18-19(20)16-33(24(18)36)21-4-5-22(34)31-23(21)35/h1-3,17,21H,4-16H2,(H,31,34,35). The molecule has 3 amide bonds. The lowest BCUT2D eigenvalue weighted by Gasteiger charge is -2.42. The minimum Gasteiger partial charge on any atom is -0.368 e. The summed E-state index contributed by atoms with van der Waals surface area (Å²) >= 11 is 0. The first kappa shape index (κ1) is 25.6. The number of nitrogens with one attached hydrogen (secondary N) is 1. The van der Waals surface area contributed by atoms with Crippen LogP contribution in [0.5, 0.6) is 0 Å². The van der Waals surface area contributed by atoms with Crippen molar-refractivity contribution in [1.29, 1.82) is 0 Å². The van der Waals surface area contributed by atoms with Crippen LogP contribution in [0.25, 0.3) is 0 Å². The Hall–Kier alpha value is -2.66. The van der Waals surface area contributed by atoms with Crippen molar-refractivity contribution >= 4 is 23.4 Å². The number of hydrogen-bond acceptors (Lipinski definition) is 6. The summed E-state index contributed by atoms with van der Waals surface area (Å²) in [5.41, 5.74) is 0.306. The van der Waals surface area contributed by atoms with Gasteiger partial charge in [-0.15, -0.1) is 0 Å². The lowest BCUT2D eigenvalue weighted by atomic mass is 9.87. The molecular formula is C27H32F3N3O5. The van der Waals surface area contributed by atoms with Gasteiger partial charge in [0.2, 0.25) is 11.8 Å². The number of benzene rings is 1. The highest BCUT2D eigenvalue weighted by molar-refractivity contribution is 6.06. The lowest BCUT2D eigenvalue weighted by molar-refractivity contribution is -0.188. The first-order valence-corrected chi connectivity index (χ1v) is 13.5. The number of anilines is 1. The van der Waals surface area contributed by atoms with Crippen molar-refractivity contribution in [2.75, 3.05) is 24.7 Å². The molecule has 1 N–H and O–H groups in total. The molecule has 2 saturated heterocycles. The second-order valence-corrected chi connectivity index (χ2v) is 11.3. The Kier molecular flexibility index (Phi) is 6.21. The van der Waals surface area contributed by atoms with Crippen molar-refractivity contribution in [3.63, 3.8) is 0 Å². The second kappa shape index (κ2) is 9.22. The molecule has 206 valence electrons. The highest BCUT2D eigenvalue weighted by Crippen LogP contribution is 2.60. The summed E-state index contributed by atoms with van der Waals surface area (Å²) in [5.74, 6) is -1.73. The van der Waals surface area contributed by atoms with Crippen LogP contribution in [0.3, 0.4) is 0 Å². The van der Waals surface area contributed by atoms with Crippen molar-refractivity contribution in [2.24, 2.45) is 5.41 Å². The number of rotatable bonds is 6. The molecule has 6 rings (SSSR count). The van der Waals surface area contributed by atoms with Gasteiger partial charge >= 0.3 is 6.18 Å². The fourth-order valence-corrected chi connectivity index (χ4v) is 6.64. The average Bonchev–Trinajstić information content (AvgIpc) is 3.45. The number of fused-ring (bicyclic) bond motifs is 1. The van der Waals surface area contributed by atoms with Gasteiger partial charge in [-0.05, 0) is 50.7 Å². The van der Waals surface area contributed by atoms with E-state index in [4.69, 9.17) is 9.47 Å². The monoisotopic (exact) mass is 535 g/mol. The number of carbonyl (C=O) groups is 3. The maximum absolute atomic E-state index is 13.8. The number of nitrogens with zero attached hydrogens (tertiary/aromatic N) is 2. The molecule has 8 nitrogen and oxygen atoms in total. The highest BCUT2D eigenvalue weighted by atomic mass is 19.4. The minimum absolute atomic E-state index is 0.000383. The van der Waals surface area contributed by atoms with Crippen LogP contribution in [0.15, 0.2) is 18.2 Å². The number of amides is 3. The molecule has 5 aliphatic rings. The second-order valence-electron chi connectivity index (χ2n) is 11.3. The van der Waals surface area contributed by atoms with E-state index in [1.165, 1.54) is 4.90 Å². The zero-order chi connectivity index (χ0) is 26.7. The molecule has 3 aliphatic heterocycles. The van der Waals surface area contributed by atoms with Gasteiger partial charge in [0.1, 0.15) is 6.04 Å². The number of piperidine rings is 1. The van der Waals surface area contributed by atoms with Crippen LogP contribution in [0, 0.1) is 5.41 Å². The van der Waals surface area contributed by atoms with Gasteiger partial charge in [0.15, 0.2) is 5.79 Å². The molecule has 1 aromatic rings. The molecule has 2 aliphatic carbocycles. The van der Waals surface area contributed by atoms with E-state index in [0.717, 1.165) is 11.3 Å². The Bertz CT molecular complexity index is 1140. The van der Waals surface area contributed by atoms with E-state index in [1.807, 2.05) is 6.07 Å². The van der Waals surface area contributed by atoms with Crippen LogP contribution in [-0.4, -0.2) is 66.4 Å². The van der Waals surface area contributed by atoms with Crippen LogP contribution in [0.4, 0.5) is 18.9 Å². The Labute approximate surface area is 218 Å². The van der Waals surface area contributed by atoms with Gasteiger partial charge in [0, 0.05) is 55.2 Å². The molecule has 11 heteroatoms. The topological polar surface area (TPSA) is 88.2 Å². The Morgan fingerprint density at radius 2 is 1.74 bits per heavy atom. The van der Waals surface area contributed by atoms with Gasteiger partial charge in [-0.2, -0.15) is 13.2 Å². The zero-order valence-corrected chi connectivity index (χ0v) is 21.1. The van der Waals surface area contributed by atoms with E-state index in [2.05, 4.69) is 10.2 Å². The maximum atomic E-state index is 13.8. The minimum atomic E-state index is -4.24. The third kappa shape index (κ3) is 4.37. The first-order chi connectivity index (χ1) is 18.1. The van der Waals surface area contributed by atoms with E-state index < -0.39 is 29.3 Å². The van der Waals surface area contributed by atoms with Gasteiger partial charge in [0.25, 0.3) is 5.91 Å². The zero-order valence-electron chi connectivity index (χ0n) is 21.1. The molecule has 1 atom stereocenters. The van der Waals surface area contributed by atoms with Gasteiger partial charge in [-0.25, -0.2) is 0 Å².